The van der Waals surface area contributed by atoms with Gasteiger partial charge >= 0.3 is 6.03 Å². The van der Waals surface area contributed by atoms with Crippen LogP contribution in [0.25, 0.3) is 0 Å². The fourth-order valence-electron chi connectivity index (χ4n) is 6.10. The zero-order chi connectivity index (χ0) is 27.2. The van der Waals surface area contributed by atoms with E-state index in [0.717, 1.165) is 28.1 Å². The molecule has 3 atom stereocenters. The molecular formula is C29H30N4O4S. The predicted octanol–water partition coefficient (Wildman–Crippen LogP) is 4.27. The summed E-state index contributed by atoms with van der Waals surface area (Å²) in [6, 6.07) is 13.5. The molecule has 9 heteroatoms. The minimum Gasteiger partial charge on any atom is -0.326 e. The van der Waals surface area contributed by atoms with E-state index in [1.54, 1.807) is 34.1 Å². The van der Waals surface area contributed by atoms with E-state index in [1.807, 2.05) is 45.9 Å². The molecule has 0 radical (unpaired) electrons. The number of benzene rings is 2. The van der Waals surface area contributed by atoms with E-state index >= 15 is 0 Å². The van der Waals surface area contributed by atoms with Crippen LogP contribution in [0.15, 0.2) is 82.0 Å². The summed E-state index contributed by atoms with van der Waals surface area (Å²) in [5.41, 5.74) is 3.08. The summed E-state index contributed by atoms with van der Waals surface area (Å²) >= 11 is 0. The minimum absolute atomic E-state index is 0.0603. The van der Waals surface area contributed by atoms with Gasteiger partial charge in [0.1, 0.15) is 18.4 Å². The van der Waals surface area contributed by atoms with Crippen molar-refractivity contribution in [2.45, 2.75) is 44.7 Å². The first-order chi connectivity index (χ1) is 17.8. The molecule has 3 unspecified atom stereocenters. The van der Waals surface area contributed by atoms with E-state index in [-0.39, 0.29) is 23.4 Å². The molecule has 0 spiro atoms. The smallest absolute Gasteiger partial charge is 0.326 e. The van der Waals surface area contributed by atoms with Crippen LogP contribution in [0.1, 0.15) is 49.5 Å². The summed E-state index contributed by atoms with van der Waals surface area (Å²) in [6.45, 7) is 8.02. The molecule has 1 N–H and O–H groups in total. The molecule has 1 saturated heterocycles. The average Bonchev–Trinajstić information content (AvgIpc) is 3.27. The first-order valence-electron chi connectivity index (χ1n) is 12.6. The van der Waals surface area contributed by atoms with Gasteiger partial charge in [0.15, 0.2) is 9.84 Å². The van der Waals surface area contributed by atoms with Crippen LogP contribution in [0.2, 0.25) is 0 Å². The highest BCUT2D eigenvalue weighted by Gasteiger charge is 2.59. The maximum Gasteiger partial charge on any atom is 0.330 e. The van der Waals surface area contributed by atoms with Gasteiger partial charge in [-0.2, -0.15) is 0 Å². The van der Waals surface area contributed by atoms with Gasteiger partial charge in [0, 0.05) is 17.4 Å². The molecule has 6 rings (SSSR count). The molecule has 3 aliphatic heterocycles. The Bertz CT molecular complexity index is 1600. The molecule has 0 bridgehead atoms. The van der Waals surface area contributed by atoms with E-state index in [1.165, 1.54) is 6.26 Å². The lowest BCUT2D eigenvalue weighted by molar-refractivity contribution is -0.122. The third-order valence-electron chi connectivity index (χ3n) is 8.04. The Morgan fingerprint density at radius 3 is 2.37 bits per heavy atom. The Balaban J connectivity index is 1.57. The van der Waals surface area contributed by atoms with Crippen molar-refractivity contribution in [1.82, 2.24) is 15.1 Å². The number of carbonyl (C=O) groups is 2. The zero-order valence-corrected chi connectivity index (χ0v) is 22.8. The van der Waals surface area contributed by atoms with Crippen molar-refractivity contribution in [2.24, 2.45) is 15.8 Å². The van der Waals surface area contributed by atoms with Gasteiger partial charge in [-0.15, -0.1) is 0 Å². The SMILES string of the molecule is Cc1cccc(C2C(c3ccc(S(C)(=O)=O)cc3)N=C3N2C(=O)N2CC(=O)NC4=C2C3(C)C=CC4(C)C)c1. The van der Waals surface area contributed by atoms with Gasteiger partial charge in [-0.3, -0.25) is 19.6 Å². The molecule has 4 aliphatic rings. The van der Waals surface area contributed by atoms with Crippen LogP contribution in [0, 0.1) is 17.8 Å². The number of rotatable bonds is 3. The molecule has 0 aromatic heterocycles. The van der Waals surface area contributed by atoms with E-state index in [4.69, 9.17) is 4.99 Å². The Kier molecular flexibility index (Phi) is 5.11. The second kappa shape index (κ2) is 7.89. The number of aliphatic imine (C=N–C) groups is 1. The Labute approximate surface area is 222 Å². The molecule has 2 aromatic carbocycles. The average molecular weight is 531 g/mol. The number of allylic oxidation sites excluding steroid dienone is 1. The highest BCUT2D eigenvalue weighted by atomic mass is 32.2. The van der Waals surface area contributed by atoms with Gasteiger partial charge in [0.05, 0.1) is 22.0 Å². The van der Waals surface area contributed by atoms with Crippen molar-refractivity contribution >= 4 is 27.6 Å². The highest BCUT2D eigenvalue weighted by Crippen LogP contribution is 2.55. The maximum atomic E-state index is 14.3. The number of carbonyl (C=O) groups excluding carboxylic acids is 2. The van der Waals surface area contributed by atoms with Crippen LogP contribution < -0.4 is 5.32 Å². The van der Waals surface area contributed by atoms with Crippen LogP contribution >= 0.6 is 0 Å². The molecule has 196 valence electrons. The second-order valence-corrected chi connectivity index (χ2v) is 13.4. The number of aryl methyl sites for hydroxylation is 1. The van der Waals surface area contributed by atoms with Crippen molar-refractivity contribution in [1.29, 1.82) is 0 Å². The van der Waals surface area contributed by atoms with Crippen molar-refractivity contribution < 1.29 is 18.0 Å². The Hall–Kier alpha value is -3.72. The normalized spacial score (nSPS) is 27.7. The van der Waals surface area contributed by atoms with Crippen molar-refractivity contribution in [2.75, 3.05) is 12.8 Å². The third-order valence-corrected chi connectivity index (χ3v) is 9.17. The number of nitrogens with one attached hydrogen (secondary N) is 1. The first-order valence-corrected chi connectivity index (χ1v) is 14.5. The zero-order valence-electron chi connectivity index (χ0n) is 22.0. The molecule has 2 aromatic rings. The standard InChI is InChI=1S/C29H30N4O4S/c1-17-7-6-8-19(15-17)23-22(18-9-11-20(12-10-18)38(5,36)37)31-26-29(4)14-13-28(2,3)24-25(29)32(16-21(34)30-24)27(35)33(23)26/h6-15,22-23H,16H2,1-5H3,(H,30,34). The summed E-state index contributed by atoms with van der Waals surface area (Å²) in [6.07, 6.45) is 5.35. The molecular weight excluding hydrogens is 500 g/mol. The first kappa shape index (κ1) is 24.6. The number of fused-ring (bicyclic) bond motifs is 2. The number of sulfone groups is 1. The minimum atomic E-state index is -3.36. The lowest BCUT2D eigenvalue weighted by atomic mass is 9.69. The van der Waals surface area contributed by atoms with Crippen LogP contribution in [0.3, 0.4) is 0 Å². The summed E-state index contributed by atoms with van der Waals surface area (Å²) < 4.78 is 24.2. The van der Waals surface area contributed by atoms with Gasteiger partial charge in [-0.05, 0) is 37.1 Å². The van der Waals surface area contributed by atoms with Crippen LogP contribution in [-0.4, -0.2) is 48.8 Å². The van der Waals surface area contributed by atoms with Crippen LogP contribution in [0.5, 0.6) is 0 Å². The van der Waals surface area contributed by atoms with Crippen molar-refractivity contribution in [3.63, 3.8) is 0 Å². The van der Waals surface area contributed by atoms with Crippen molar-refractivity contribution in [3.8, 4) is 0 Å². The highest BCUT2D eigenvalue weighted by molar-refractivity contribution is 7.90. The van der Waals surface area contributed by atoms with Gasteiger partial charge < -0.3 is 5.32 Å². The molecule has 38 heavy (non-hydrogen) atoms. The molecule has 3 amide bonds. The molecule has 1 aliphatic carbocycles. The molecule has 0 saturated carbocycles. The van der Waals surface area contributed by atoms with Gasteiger partial charge in [0.2, 0.25) is 5.91 Å². The Morgan fingerprint density at radius 2 is 1.71 bits per heavy atom. The van der Waals surface area contributed by atoms with E-state index in [0.29, 0.717) is 5.84 Å². The van der Waals surface area contributed by atoms with E-state index in [2.05, 4.69) is 23.5 Å². The van der Waals surface area contributed by atoms with Crippen LogP contribution in [0.4, 0.5) is 4.79 Å². The number of hydrogen-bond acceptors (Lipinski definition) is 5. The topological polar surface area (TPSA) is 99.2 Å². The Morgan fingerprint density at radius 1 is 1.00 bits per heavy atom. The lowest BCUT2D eigenvalue weighted by Crippen LogP contribution is -2.64. The second-order valence-electron chi connectivity index (χ2n) is 11.4. The van der Waals surface area contributed by atoms with Gasteiger partial charge in [-0.1, -0.05) is 68.0 Å². The van der Waals surface area contributed by atoms with Crippen molar-refractivity contribution in [3.05, 3.63) is 88.8 Å². The largest absolute Gasteiger partial charge is 0.330 e. The molecule has 8 nitrogen and oxygen atoms in total. The van der Waals surface area contributed by atoms with E-state index < -0.39 is 32.8 Å². The summed E-state index contributed by atoms with van der Waals surface area (Å²) in [4.78, 5) is 35.8. The lowest BCUT2D eigenvalue weighted by Gasteiger charge is -2.53. The predicted molar refractivity (Wildman–Crippen MR) is 144 cm³/mol. The molecule has 3 heterocycles. The fourth-order valence-corrected chi connectivity index (χ4v) is 6.73. The fraction of sp³-hybridized carbons (Fsp3) is 0.345. The number of hydrogen-bond donors (Lipinski definition) is 1. The summed E-state index contributed by atoms with van der Waals surface area (Å²) in [7, 11) is -3.36. The van der Waals surface area contributed by atoms with Gasteiger partial charge in [0.25, 0.3) is 0 Å². The van der Waals surface area contributed by atoms with E-state index in [9.17, 15) is 18.0 Å². The third kappa shape index (κ3) is 3.48. The maximum absolute atomic E-state index is 14.3. The number of nitrogens with zero attached hydrogens (tertiary/aromatic N) is 3. The number of amidine groups is 1. The van der Waals surface area contributed by atoms with Gasteiger partial charge in [-0.25, -0.2) is 13.2 Å². The van der Waals surface area contributed by atoms with Crippen LogP contribution in [-0.2, 0) is 14.6 Å². The molecule has 1 fully saturated rings. The monoisotopic (exact) mass is 530 g/mol. The quantitative estimate of drug-likeness (QED) is 0.599. The summed E-state index contributed by atoms with van der Waals surface area (Å²) in [5, 5.41) is 3.04. The summed E-state index contributed by atoms with van der Waals surface area (Å²) in [5.74, 6) is 0.403. The number of urea groups is 1. The number of amides is 3.